The molecule has 16 heteroatoms. The third kappa shape index (κ3) is 10.7. The number of aliphatic hydroxyl groups is 6. The lowest BCUT2D eigenvalue weighted by Gasteiger charge is -2.45. The van der Waals surface area contributed by atoms with Crippen molar-refractivity contribution in [2.75, 3.05) is 26.4 Å². The smallest absolute Gasteiger partial charge is 0.186 e. The quantitative estimate of drug-likeness (QED) is 0.0715. The molecule has 1 fully saturated rings. The minimum atomic E-state index is -1.57. The highest BCUT2D eigenvalue weighted by Crippen LogP contribution is 2.28. The molecule has 1 aliphatic carbocycles. The summed E-state index contributed by atoms with van der Waals surface area (Å²) in [5.41, 5.74) is 24.0. The maximum absolute atomic E-state index is 11.3. The molecule has 0 saturated heterocycles. The number of aliphatic hydroxyl groups excluding tert-OH is 6. The van der Waals surface area contributed by atoms with E-state index in [2.05, 4.69) is 0 Å². The average Bonchev–Trinajstić information content (AvgIpc) is 2.96. The van der Waals surface area contributed by atoms with Gasteiger partial charge in [0.2, 0.25) is 0 Å². The van der Waals surface area contributed by atoms with Crippen molar-refractivity contribution in [2.45, 2.75) is 99.8 Å². The molecule has 0 aliphatic heterocycles. The SMILES string of the molecule is C[C@H](O)C(CN)OC(OC1C(N)C[C@H](N)C(OC(O[C@@H](C)COc2ccc(Cl)cc2)C(O)[C@H](N)CO)C1O)[C@@H](O)CO. The van der Waals surface area contributed by atoms with E-state index in [9.17, 15) is 30.6 Å². The summed E-state index contributed by atoms with van der Waals surface area (Å²) in [6.45, 7) is 1.61. The fraction of sp³-hybridized carbons (Fsp3) is 0.769. The molecule has 1 aromatic rings. The molecule has 0 bridgehead atoms. The third-order valence-electron chi connectivity index (χ3n) is 6.82. The van der Waals surface area contributed by atoms with E-state index in [0.717, 1.165) is 0 Å². The maximum atomic E-state index is 11.3. The maximum Gasteiger partial charge on any atom is 0.186 e. The molecule has 1 aromatic carbocycles. The van der Waals surface area contributed by atoms with Crippen molar-refractivity contribution in [1.29, 1.82) is 0 Å². The highest BCUT2D eigenvalue weighted by molar-refractivity contribution is 6.30. The van der Waals surface area contributed by atoms with Gasteiger partial charge in [0.25, 0.3) is 0 Å². The molecule has 14 N–H and O–H groups in total. The van der Waals surface area contributed by atoms with Gasteiger partial charge in [0, 0.05) is 23.7 Å². The number of ether oxygens (including phenoxy) is 5. The molecule has 244 valence electrons. The van der Waals surface area contributed by atoms with Crippen LogP contribution >= 0.6 is 11.6 Å². The molecule has 0 spiro atoms. The Morgan fingerprint density at radius 1 is 0.929 bits per heavy atom. The van der Waals surface area contributed by atoms with E-state index in [0.29, 0.717) is 10.8 Å². The van der Waals surface area contributed by atoms with Gasteiger partial charge >= 0.3 is 0 Å². The Bertz CT molecular complexity index is 892. The molecule has 0 amide bonds. The summed E-state index contributed by atoms with van der Waals surface area (Å²) >= 11 is 5.90. The van der Waals surface area contributed by atoms with Crippen molar-refractivity contribution in [3.63, 3.8) is 0 Å². The normalized spacial score (nSPS) is 28.7. The third-order valence-corrected chi connectivity index (χ3v) is 7.07. The Hall–Kier alpha value is -1.25. The molecule has 0 heterocycles. The highest BCUT2D eigenvalue weighted by Gasteiger charge is 2.47. The average molecular weight is 627 g/mol. The van der Waals surface area contributed by atoms with Crippen LogP contribution in [0, 0.1) is 0 Å². The number of hydrogen-bond acceptors (Lipinski definition) is 15. The Morgan fingerprint density at radius 2 is 1.50 bits per heavy atom. The van der Waals surface area contributed by atoms with E-state index in [1.807, 2.05) is 0 Å². The lowest BCUT2D eigenvalue weighted by Crippen LogP contribution is -2.65. The van der Waals surface area contributed by atoms with Gasteiger partial charge in [0.1, 0.15) is 42.9 Å². The van der Waals surface area contributed by atoms with Crippen molar-refractivity contribution in [2.24, 2.45) is 22.9 Å². The topological polar surface area (TPSA) is 272 Å². The van der Waals surface area contributed by atoms with Gasteiger partial charge < -0.3 is 77.3 Å². The zero-order valence-electron chi connectivity index (χ0n) is 23.8. The van der Waals surface area contributed by atoms with Crippen LogP contribution in [0.5, 0.6) is 5.75 Å². The van der Waals surface area contributed by atoms with Gasteiger partial charge in [-0.3, -0.25) is 0 Å². The standard InChI is InChI=1S/C26H47ClN4O11/c1-12(11-38-15-5-3-14(27)4-6-15)39-26(21(36)18(31)9-32)42-24-17(30)7-16(29)23(22(24)37)41-25(19(35)10-33)40-20(8-28)13(2)34/h3-6,12-13,16-26,32-37H,7-11,28-31H2,1-2H3/t12-,13-,16?,17-,18+,19-,20?,21?,22?,23?,24?,25?,26?/m0/s1. The minimum Gasteiger partial charge on any atom is -0.491 e. The van der Waals surface area contributed by atoms with E-state index in [1.165, 1.54) is 6.92 Å². The summed E-state index contributed by atoms with van der Waals surface area (Å²) in [7, 11) is 0. The van der Waals surface area contributed by atoms with Gasteiger partial charge in [-0.2, -0.15) is 0 Å². The second-order valence-corrected chi connectivity index (χ2v) is 10.9. The van der Waals surface area contributed by atoms with Gasteiger partial charge in [-0.1, -0.05) is 11.6 Å². The molecule has 42 heavy (non-hydrogen) atoms. The van der Waals surface area contributed by atoms with Crippen LogP contribution in [0.15, 0.2) is 24.3 Å². The molecule has 15 nitrogen and oxygen atoms in total. The van der Waals surface area contributed by atoms with Crippen LogP contribution < -0.4 is 27.7 Å². The van der Waals surface area contributed by atoms with E-state index < -0.39 is 92.8 Å². The number of halogens is 1. The van der Waals surface area contributed by atoms with Gasteiger partial charge in [-0.15, -0.1) is 0 Å². The van der Waals surface area contributed by atoms with Crippen LogP contribution in [0.3, 0.4) is 0 Å². The Kier molecular flexibility index (Phi) is 15.7. The van der Waals surface area contributed by atoms with E-state index in [-0.39, 0.29) is 19.6 Å². The number of hydrogen-bond donors (Lipinski definition) is 10. The van der Waals surface area contributed by atoms with Crippen molar-refractivity contribution in [3.05, 3.63) is 29.3 Å². The van der Waals surface area contributed by atoms with E-state index in [1.54, 1.807) is 31.2 Å². The van der Waals surface area contributed by atoms with Gasteiger partial charge in [-0.05, 0) is 44.5 Å². The Labute approximate surface area is 250 Å². The molecule has 8 unspecified atom stereocenters. The van der Waals surface area contributed by atoms with Gasteiger partial charge in [-0.25, -0.2) is 0 Å². The van der Waals surface area contributed by atoms with E-state index in [4.69, 9.17) is 58.2 Å². The summed E-state index contributed by atoms with van der Waals surface area (Å²) in [6.07, 6.45) is -12.8. The number of benzene rings is 1. The highest BCUT2D eigenvalue weighted by atomic mass is 35.5. The van der Waals surface area contributed by atoms with Crippen molar-refractivity contribution >= 4 is 11.6 Å². The first-order chi connectivity index (χ1) is 19.8. The number of rotatable bonds is 18. The first-order valence-electron chi connectivity index (χ1n) is 13.7. The van der Waals surface area contributed by atoms with E-state index >= 15 is 0 Å². The molecule has 0 aromatic heterocycles. The fourth-order valence-electron chi connectivity index (χ4n) is 4.30. The summed E-state index contributed by atoms with van der Waals surface area (Å²) in [5.74, 6) is 0.521. The first kappa shape index (κ1) is 36.9. The number of nitrogens with two attached hydrogens (primary N) is 4. The summed E-state index contributed by atoms with van der Waals surface area (Å²) in [4.78, 5) is 0. The molecular weight excluding hydrogens is 580 g/mol. The molecule has 0 radical (unpaired) electrons. The first-order valence-corrected chi connectivity index (χ1v) is 14.1. The molecule has 13 atom stereocenters. The predicted octanol–water partition coefficient (Wildman–Crippen LogP) is -3.28. The minimum absolute atomic E-state index is 0.0299. The summed E-state index contributed by atoms with van der Waals surface area (Å²) < 4.78 is 28.9. The van der Waals surface area contributed by atoms with Crippen LogP contribution in [-0.2, 0) is 18.9 Å². The second-order valence-electron chi connectivity index (χ2n) is 10.4. The lowest BCUT2D eigenvalue weighted by atomic mass is 9.84. The van der Waals surface area contributed by atoms with Crippen LogP contribution in [0.2, 0.25) is 5.02 Å². The zero-order chi connectivity index (χ0) is 31.6. The molecule has 1 saturated carbocycles. The lowest BCUT2D eigenvalue weighted by molar-refractivity contribution is -0.296. The zero-order valence-corrected chi connectivity index (χ0v) is 24.5. The van der Waals surface area contributed by atoms with Crippen molar-refractivity contribution in [3.8, 4) is 5.75 Å². The van der Waals surface area contributed by atoms with Crippen LogP contribution in [0.4, 0.5) is 0 Å². The predicted molar refractivity (Wildman–Crippen MR) is 151 cm³/mol. The van der Waals surface area contributed by atoms with Crippen LogP contribution in [0.25, 0.3) is 0 Å². The second kappa shape index (κ2) is 17.9. The summed E-state index contributed by atoms with van der Waals surface area (Å²) in [6, 6.07) is 3.74. The van der Waals surface area contributed by atoms with Crippen molar-refractivity contribution in [1.82, 2.24) is 0 Å². The van der Waals surface area contributed by atoms with Gasteiger partial charge in [0.05, 0.1) is 37.6 Å². The molecular formula is C26H47ClN4O11. The Morgan fingerprint density at radius 3 is 2.00 bits per heavy atom. The molecule has 1 aliphatic rings. The molecule has 2 rings (SSSR count). The monoisotopic (exact) mass is 626 g/mol. The fourth-order valence-corrected chi connectivity index (χ4v) is 4.43. The largest absolute Gasteiger partial charge is 0.491 e. The summed E-state index contributed by atoms with van der Waals surface area (Å²) in [5, 5.41) is 61.9. The van der Waals surface area contributed by atoms with Crippen LogP contribution in [-0.4, -0.2) is 137 Å². The van der Waals surface area contributed by atoms with Crippen molar-refractivity contribution < 1.29 is 54.3 Å². The van der Waals surface area contributed by atoms with Crippen LogP contribution in [0.1, 0.15) is 20.3 Å². The Balaban J connectivity index is 2.20. The van der Waals surface area contributed by atoms with Gasteiger partial charge in [0.15, 0.2) is 12.6 Å².